The summed E-state index contributed by atoms with van der Waals surface area (Å²) in [5, 5.41) is 17.8. The molecule has 0 aliphatic heterocycles. The Hall–Kier alpha value is -3.67. The van der Waals surface area contributed by atoms with Gasteiger partial charge in [0, 0.05) is 37.3 Å². The van der Waals surface area contributed by atoms with Crippen LogP contribution in [0.15, 0.2) is 35.5 Å². The number of carbonyl (C=O) groups is 2. The third kappa shape index (κ3) is 5.06. The number of ketones is 1. The van der Waals surface area contributed by atoms with Gasteiger partial charge in [0.25, 0.3) is 0 Å². The van der Waals surface area contributed by atoms with Crippen molar-refractivity contribution in [2.45, 2.75) is 31.1 Å². The minimum absolute atomic E-state index is 0.00253. The highest BCUT2D eigenvalue weighted by Crippen LogP contribution is 2.32. The van der Waals surface area contributed by atoms with Gasteiger partial charge in [0.05, 0.1) is 16.3 Å². The lowest BCUT2D eigenvalue weighted by atomic mass is 10.1. The van der Waals surface area contributed by atoms with Crippen molar-refractivity contribution in [3.05, 3.63) is 36.3 Å². The van der Waals surface area contributed by atoms with Crippen LogP contribution < -0.4 is 10.6 Å². The normalized spacial score (nSPS) is 13.5. The molecule has 1 fully saturated rings. The second kappa shape index (κ2) is 8.70. The second-order valence-corrected chi connectivity index (χ2v) is 9.87. The number of rotatable bonds is 8. The zero-order chi connectivity index (χ0) is 23.8. The summed E-state index contributed by atoms with van der Waals surface area (Å²) < 4.78 is 26.6. The molecule has 1 amide bonds. The smallest absolute Gasteiger partial charge is 0.228 e. The van der Waals surface area contributed by atoms with E-state index in [1.165, 1.54) is 23.1 Å². The number of anilines is 3. The van der Waals surface area contributed by atoms with Crippen molar-refractivity contribution < 1.29 is 18.0 Å². The third-order valence-electron chi connectivity index (χ3n) is 5.09. The average Bonchev–Trinajstić information content (AvgIpc) is 3.54. The Morgan fingerprint density at radius 3 is 2.52 bits per heavy atom. The maximum atomic E-state index is 12.6. The van der Waals surface area contributed by atoms with E-state index in [4.69, 9.17) is 0 Å². The van der Waals surface area contributed by atoms with Gasteiger partial charge in [-0.15, -0.1) is 10.2 Å². The summed E-state index contributed by atoms with van der Waals surface area (Å²) >= 11 is 0. The van der Waals surface area contributed by atoms with E-state index in [0.29, 0.717) is 11.4 Å². The molecule has 0 unspecified atom stereocenters. The summed E-state index contributed by atoms with van der Waals surface area (Å²) in [6.45, 7) is 1.69. The predicted octanol–water partition coefficient (Wildman–Crippen LogP) is 2.36. The van der Waals surface area contributed by atoms with Crippen LogP contribution in [0.3, 0.4) is 0 Å². The van der Waals surface area contributed by atoms with E-state index in [0.717, 1.165) is 19.1 Å². The van der Waals surface area contributed by atoms with E-state index in [1.807, 2.05) is 0 Å². The summed E-state index contributed by atoms with van der Waals surface area (Å²) in [6, 6.07) is 6.21. The van der Waals surface area contributed by atoms with E-state index in [9.17, 15) is 18.0 Å². The van der Waals surface area contributed by atoms with Gasteiger partial charge in [-0.05, 0) is 31.0 Å². The molecule has 2 heterocycles. The highest BCUT2D eigenvalue weighted by Gasteiger charge is 2.30. The molecule has 3 aromatic rings. The molecular weight excluding hydrogens is 446 g/mol. The Balaban J connectivity index is 1.74. The molecule has 0 spiro atoms. The number of sulfone groups is 1. The maximum Gasteiger partial charge on any atom is 0.228 e. The van der Waals surface area contributed by atoms with Crippen LogP contribution in [-0.2, 0) is 21.7 Å². The number of amides is 1. The quantitative estimate of drug-likeness (QED) is 0.474. The highest BCUT2D eigenvalue weighted by atomic mass is 32.2. The lowest BCUT2D eigenvalue weighted by Crippen LogP contribution is -2.16. The fraction of sp³-hybridized carbons (Fsp3) is 0.333. The standard InChI is InChI=1S/C21H23N7O4S/c1-4-16(29)19-15(10-18(25-26-19)24-21(30)12-5-6-12)23-14-8-7-13(9-17(14)33(3,31)32)20-22-11-28(2)27-20/h7-12H,4-6H2,1-3H3,(H2,23,24,25,30). The Morgan fingerprint density at radius 2 is 1.91 bits per heavy atom. The molecule has 2 aromatic heterocycles. The number of benzene rings is 1. The van der Waals surface area contributed by atoms with Crippen LogP contribution in [0.5, 0.6) is 0 Å². The summed E-state index contributed by atoms with van der Waals surface area (Å²) in [6.07, 6.45) is 4.44. The summed E-state index contributed by atoms with van der Waals surface area (Å²) in [5.74, 6) is 0.0857. The molecule has 11 nitrogen and oxygen atoms in total. The molecule has 1 saturated carbocycles. The SMILES string of the molecule is CCC(=O)c1nnc(NC(=O)C2CC2)cc1Nc1ccc(-c2ncn(C)n2)cc1S(C)(=O)=O. The van der Waals surface area contributed by atoms with Crippen LogP contribution in [0.25, 0.3) is 11.4 Å². The van der Waals surface area contributed by atoms with E-state index in [2.05, 4.69) is 30.9 Å². The Morgan fingerprint density at radius 1 is 1.15 bits per heavy atom. The molecular formula is C21H23N7O4S. The number of nitrogens with one attached hydrogen (secondary N) is 2. The maximum absolute atomic E-state index is 12.6. The number of carbonyl (C=O) groups excluding carboxylic acids is 2. The molecule has 1 aliphatic rings. The first-order valence-electron chi connectivity index (χ1n) is 10.3. The third-order valence-corrected chi connectivity index (χ3v) is 6.22. The van der Waals surface area contributed by atoms with Gasteiger partial charge in [0.15, 0.2) is 33.0 Å². The molecule has 1 aromatic carbocycles. The lowest BCUT2D eigenvalue weighted by molar-refractivity contribution is -0.117. The van der Waals surface area contributed by atoms with Crippen LogP contribution in [-0.4, -0.2) is 51.3 Å². The molecule has 1 aliphatic carbocycles. The van der Waals surface area contributed by atoms with Gasteiger partial charge in [0.2, 0.25) is 5.91 Å². The van der Waals surface area contributed by atoms with Crippen molar-refractivity contribution in [3.63, 3.8) is 0 Å². The average molecular weight is 470 g/mol. The molecule has 0 atom stereocenters. The topological polar surface area (TPSA) is 149 Å². The van der Waals surface area contributed by atoms with Crippen LogP contribution >= 0.6 is 0 Å². The number of aromatic nitrogens is 5. The minimum atomic E-state index is -3.66. The fourth-order valence-electron chi connectivity index (χ4n) is 3.18. The van der Waals surface area contributed by atoms with Crippen molar-refractivity contribution in [1.82, 2.24) is 25.0 Å². The van der Waals surface area contributed by atoms with Crippen molar-refractivity contribution in [1.29, 1.82) is 0 Å². The molecule has 0 bridgehead atoms. The minimum Gasteiger partial charge on any atom is -0.352 e. The predicted molar refractivity (Wildman–Crippen MR) is 121 cm³/mol. The van der Waals surface area contributed by atoms with Crippen LogP contribution in [0.4, 0.5) is 17.2 Å². The van der Waals surface area contributed by atoms with E-state index >= 15 is 0 Å². The van der Waals surface area contributed by atoms with Gasteiger partial charge in [0.1, 0.15) is 6.33 Å². The zero-order valence-corrected chi connectivity index (χ0v) is 19.2. The van der Waals surface area contributed by atoms with Crippen molar-refractivity contribution in [2.75, 3.05) is 16.9 Å². The summed E-state index contributed by atoms with van der Waals surface area (Å²) in [5.41, 5.74) is 1.07. The van der Waals surface area contributed by atoms with Crippen molar-refractivity contribution >= 4 is 38.7 Å². The van der Waals surface area contributed by atoms with Gasteiger partial charge in [-0.1, -0.05) is 6.92 Å². The number of Topliss-reactive ketones (excluding diaryl/α,β-unsaturated/α-hetero) is 1. The van der Waals surface area contributed by atoms with Crippen molar-refractivity contribution in [3.8, 4) is 11.4 Å². The largest absolute Gasteiger partial charge is 0.352 e. The monoisotopic (exact) mass is 469 g/mol. The number of nitrogens with zero attached hydrogens (tertiary/aromatic N) is 5. The second-order valence-electron chi connectivity index (χ2n) is 7.88. The number of hydrogen-bond acceptors (Lipinski definition) is 9. The zero-order valence-electron chi connectivity index (χ0n) is 18.4. The van der Waals surface area contributed by atoms with Crippen LogP contribution in [0.2, 0.25) is 0 Å². The Kier molecular flexibility index (Phi) is 5.93. The van der Waals surface area contributed by atoms with Gasteiger partial charge < -0.3 is 10.6 Å². The van der Waals surface area contributed by atoms with Crippen LogP contribution in [0.1, 0.15) is 36.7 Å². The first-order valence-corrected chi connectivity index (χ1v) is 12.2. The van der Waals surface area contributed by atoms with Crippen molar-refractivity contribution in [2.24, 2.45) is 13.0 Å². The van der Waals surface area contributed by atoms with Crippen LogP contribution in [0, 0.1) is 5.92 Å². The van der Waals surface area contributed by atoms with Gasteiger partial charge in [-0.3, -0.25) is 14.3 Å². The lowest BCUT2D eigenvalue weighted by Gasteiger charge is -2.15. The summed E-state index contributed by atoms with van der Waals surface area (Å²) in [7, 11) is -1.95. The molecule has 33 heavy (non-hydrogen) atoms. The summed E-state index contributed by atoms with van der Waals surface area (Å²) in [4.78, 5) is 28.7. The fourth-order valence-corrected chi connectivity index (χ4v) is 4.04. The number of aryl methyl sites for hydroxylation is 1. The van der Waals surface area contributed by atoms with Gasteiger partial charge >= 0.3 is 0 Å². The Labute approximate surface area is 190 Å². The first kappa shape index (κ1) is 22.5. The van der Waals surface area contributed by atoms with E-state index in [-0.39, 0.29) is 51.8 Å². The molecule has 12 heteroatoms. The molecule has 0 saturated heterocycles. The first-order chi connectivity index (χ1) is 15.7. The number of hydrogen-bond donors (Lipinski definition) is 2. The molecule has 0 radical (unpaired) electrons. The molecule has 172 valence electrons. The van der Waals surface area contributed by atoms with Gasteiger partial charge in [-0.2, -0.15) is 5.10 Å². The molecule has 4 rings (SSSR count). The molecule has 2 N–H and O–H groups in total. The van der Waals surface area contributed by atoms with E-state index < -0.39 is 9.84 Å². The van der Waals surface area contributed by atoms with E-state index in [1.54, 1.807) is 26.1 Å². The highest BCUT2D eigenvalue weighted by molar-refractivity contribution is 7.90. The van der Waals surface area contributed by atoms with Gasteiger partial charge in [-0.25, -0.2) is 13.4 Å². The Bertz CT molecular complexity index is 1350.